The summed E-state index contributed by atoms with van der Waals surface area (Å²) in [5, 5.41) is 2.99. The average Bonchev–Trinajstić information content (AvgIpc) is 2.75. The van der Waals surface area contributed by atoms with E-state index in [4.69, 9.17) is 0 Å². The van der Waals surface area contributed by atoms with Crippen molar-refractivity contribution in [1.82, 2.24) is 9.88 Å². The van der Waals surface area contributed by atoms with Crippen molar-refractivity contribution in [2.24, 2.45) is 5.92 Å². The monoisotopic (exact) mass is 286 g/mol. The Hall–Kier alpha value is -0.810. The number of nitrogens with zero attached hydrogens (tertiary/aromatic N) is 1. The van der Waals surface area contributed by atoms with Crippen LogP contribution in [0.5, 0.6) is 0 Å². The summed E-state index contributed by atoms with van der Waals surface area (Å²) >= 11 is 0. The molecule has 1 rings (SSSR count). The van der Waals surface area contributed by atoms with Crippen molar-refractivity contribution in [2.75, 3.05) is 12.8 Å². The molecule has 1 N–H and O–H groups in total. The van der Waals surface area contributed by atoms with E-state index in [1.807, 2.05) is 24.0 Å². The van der Waals surface area contributed by atoms with Crippen LogP contribution in [-0.2, 0) is 16.4 Å². The highest BCUT2D eigenvalue weighted by Crippen LogP contribution is 2.21. The normalized spacial score (nSPS) is 14.3. The molecule has 0 aliphatic carbocycles. The van der Waals surface area contributed by atoms with Gasteiger partial charge in [-0.2, -0.15) is 0 Å². The molecule has 0 saturated carbocycles. The molecule has 5 heteroatoms. The molecule has 110 valence electrons. The zero-order valence-corrected chi connectivity index (χ0v) is 13.4. The van der Waals surface area contributed by atoms with Gasteiger partial charge in [0.25, 0.3) is 0 Å². The van der Waals surface area contributed by atoms with Crippen molar-refractivity contribution in [3.8, 4) is 0 Å². The smallest absolute Gasteiger partial charge is 0.154 e. The molecule has 1 heterocycles. The summed E-state index contributed by atoms with van der Waals surface area (Å²) in [4.78, 5) is 0. The van der Waals surface area contributed by atoms with Crippen LogP contribution in [0.1, 0.15) is 39.3 Å². The highest BCUT2D eigenvalue weighted by Gasteiger charge is 2.17. The Labute approximate surface area is 117 Å². The molecule has 1 aromatic rings. The molecule has 0 fully saturated rings. The largest absolute Gasteiger partial charge is 0.353 e. The van der Waals surface area contributed by atoms with Crippen LogP contribution < -0.4 is 5.32 Å². The number of hydrogen-bond acceptors (Lipinski definition) is 3. The van der Waals surface area contributed by atoms with Gasteiger partial charge in [0, 0.05) is 25.0 Å². The molecule has 1 unspecified atom stereocenters. The van der Waals surface area contributed by atoms with Crippen LogP contribution in [0, 0.1) is 5.92 Å². The molecule has 0 saturated heterocycles. The fourth-order valence-corrected chi connectivity index (χ4v) is 3.07. The van der Waals surface area contributed by atoms with Gasteiger partial charge in [-0.05, 0) is 38.4 Å². The van der Waals surface area contributed by atoms with E-state index in [0.717, 1.165) is 0 Å². The minimum absolute atomic E-state index is 0.199. The van der Waals surface area contributed by atoms with Crippen LogP contribution in [0.2, 0.25) is 0 Å². The van der Waals surface area contributed by atoms with Crippen molar-refractivity contribution in [3.63, 3.8) is 0 Å². The first-order valence-corrected chi connectivity index (χ1v) is 8.54. The van der Waals surface area contributed by atoms with Crippen LogP contribution in [0.25, 0.3) is 0 Å². The first-order valence-electron chi connectivity index (χ1n) is 6.82. The second-order valence-corrected chi connectivity index (χ2v) is 8.29. The standard InChI is InChI=1S/C14H26N2O2S/c1-11(2)14(15-5)13-6-7-16(10-13)8-9-19(17,18)12(3)4/h6-7,10-12,14-15H,8-9H2,1-5H3. The van der Waals surface area contributed by atoms with Crippen molar-refractivity contribution in [3.05, 3.63) is 24.0 Å². The van der Waals surface area contributed by atoms with Gasteiger partial charge >= 0.3 is 0 Å². The molecule has 0 radical (unpaired) electrons. The Morgan fingerprint density at radius 2 is 1.89 bits per heavy atom. The number of aryl methyl sites for hydroxylation is 1. The molecular weight excluding hydrogens is 260 g/mol. The Morgan fingerprint density at radius 3 is 2.37 bits per heavy atom. The molecule has 4 nitrogen and oxygen atoms in total. The quantitative estimate of drug-likeness (QED) is 0.836. The van der Waals surface area contributed by atoms with Gasteiger partial charge in [-0.3, -0.25) is 0 Å². The van der Waals surface area contributed by atoms with Crippen LogP contribution in [0.4, 0.5) is 0 Å². The van der Waals surface area contributed by atoms with Crippen molar-refractivity contribution < 1.29 is 8.42 Å². The molecule has 1 atom stereocenters. The van der Waals surface area contributed by atoms with E-state index in [2.05, 4.69) is 25.2 Å². The molecule has 0 aromatic carbocycles. The highest BCUT2D eigenvalue weighted by atomic mass is 32.2. The number of sulfone groups is 1. The molecule has 0 amide bonds. The van der Waals surface area contributed by atoms with Crippen molar-refractivity contribution in [1.29, 1.82) is 0 Å². The molecule has 1 aromatic heterocycles. The number of rotatable bonds is 7. The van der Waals surface area contributed by atoms with Crippen LogP contribution >= 0.6 is 0 Å². The third-order valence-corrected chi connectivity index (χ3v) is 5.65. The first kappa shape index (κ1) is 16.2. The van der Waals surface area contributed by atoms with E-state index in [1.54, 1.807) is 13.8 Å². The predicted octanol–water partition coefficient (Wildman–Crippen LogP) is 2.23. The molecule has 0 spiro atoms. The Kier molecular flexibility index (Phi) is 5.62. The molecular formula is C14H26N2O2S. The third kappa shape index (κ3) is 4.35. The fraction of sp³-hybridized carbons (Fsp3) is 0.714. The Bertz CT molecular complexity index is 489. The molecule has 0 bridgehead atoms. The van der Waals surface area contributed by atoms with E-state index in [-0.39, 0.29) is 11.0 Å². The van der Waals surface area contributed by atoms with Gasteiger partial charge in [0.05, 0.1) is 11.0 Å². The van der Waals surface area contributed by atoms with E-state index >= 15 is 0 Å². The zero-order valence-electron chi connectivity index (χ0n) is 12.6. The van der Waals surface area contributed by atoms with E-state index in [9.17, 15) is 8.42 Å². The van der Waals surface area contributed by atoms with Crippen LogP contribution in [0.15, 0.2) is 18.5 Å². The summed E-state index contributed by atoms with van der Waals surface area (Å²) < 4.78 is 25.5. The summed E-state index contributed by atoms with van der Waals surface area (Å²) in [6, 6.07) is 2.37. The summed E-state index contributed by atoms with van der Waals surface area (Å²) in [5.41, 5.74) is 1.21. The lowest BCUT2D eigenvalue weighted by Gasteiger charge is -2.18. The third-order valence-electron chi connectivity index (χ3n) is 3.46. The summed E-state index contributed by atoms with van der Waals surface area (Å²) in [6.45, 7) is 8.32. The topological polar surface area (TPSA) is 51.1 Å². The lowest BCUT2D eigenvalue weighted by Crippen LogP contribution is -2.22. The maximum atomic E-state index is 11.8. The maximum absolute atomic E-state index is 11.8. The van der Waals surface area contributed by atoms with Crippen molar-refractivity contribution in [2.45, 2.75) is 45.5 Å². The number of aromatic nitrogens is 1. The highest BCUT2D eigenvalue weighted by molar-refractivity contribution is 7.91. The lowest BCUT2D eigenvalue weighted by molar-refractivity contribution is 0.442. The van der Waals surface area contributed by atoms with Gasteiger partial charge in [0.2, 0.25) is 0 Å². The van der Waals surface area contributed by atoms with Gasteiger partial charge in [0.1, 0.15) is 0 Å². The zero-order chi connectivity index (χ0) is 14.6. The second-order valence-electron chi connectivity index (χ2n) is 5.61. The molecule has 0 aliphatic heterocycles. The fourth-order valence-electron chi connectivity index (χ4n) is 2.14. The van der Waals surface area contributed by atoms with Gasteiger partial charge in [-0.1, -0.05) is 13.8 Å². The van der Waals surface area contributed by atoms with Gasteiger partial charge in [0.15, 0.2) is 9.84 Å². The van der Waals surface area contributed by atoms with Crippen LogP contribution in [0.3, 0.4) is 0 Å². The Balaban J connectivity index is 2.71. The second kappa shape index (κ2) is 6.57. The molecule has 19 heavy (non-hydrogen) atoms. The predicted molar refractivity (Wildman–Crippen MR) is 80.0 cm³/mol. The van der Waals surface area contributed by atoms with Gasteiger partial charge < -0.3 is 9.88 Å². The van der Waals surface area contributed by atoms with E-state index in [1.165, 1.54) is 5.56 Å². The average molecular weight is 286 g/mol. The summed E-state index contributed by atoms with van der Waals surface area (Å²) in [7, 11) is -1.02. The van der Waals surface area contributed by atoms with E-state index in [0.29, 0.717) is 18.5 Å². The SMILES string of the molecule is CNC(c1ccn(CCS(=O)(=O)C(C)C)c1)C(C)C. The van der Waals surface area contributed by atoms with Crippen LogP contribution in [-0.4, -0.2) is 31.0 Å². The van der Waals surface area contributed by atoms with E-state index < -0.39 is 9.84 Å². The first-order chi connectivity index (χ1) is 8.77. The minimum Gasteiger partial charge on any atom is -0.353 e. The minimum atomic E-state index is -2.97. The molecule has 0 aliphatic rings. The van der Waals surface area contributed by atoms with Gasteiger partial charge in [-0.25, -0.2) is 8.42 Å². The summed E-state index contributed by atoms with van der Waals surface area (Å²) in [5.74, 6) is 0.699. The lowest BCUT2D eigenvalue weighted by atomic mass is 9.99. The summed E-state index contributed by atoms with van der Waals surface area (Å²) in [6.07, 6.45) is 3.99. The maximum Gasteiger partial charge on any atom is 0.154 e. The number of hydrogen-bond donors (Lipinski definition) is 1. The van der Waals surface area contributed by atoms with Gasteiger partial charge in [-0.15, -0.1) is 0 Å². The number of nitrogens with one attached hydrogen (secondary N) is 1. The Morgan fingerprint density at radius 1 is 1.26 bits per heavy atom. The van der Waals surface area contributed by atoms with Crippen molar-refractivity contribution >= 4 is 9.84 Å².